The van der Waals surface area contributed by atoms with Gasteiger partial charge in [-0.15, -0.1) is 0 Å². The van der Waals surface area contributed by atoms with Crippen LogP contribution in [0.15, 0.2) is 0 Å². The van der Waals surface area contributed by atoms with Gasteiger partial charge in [0, 0.05) is 25.2 Å². The van der Waals surface area contributed by atoms with E-state index >= 15 is 0 Å². The number of rotatable bonds is 3. The van der Waals surface area contributed by atoms with E-state index < -0.39 is 0 Å². The number of morpholine rings is 1. The number of carbonyl (C=O) groups excluding carboxylic acids is 1. The second-order valence-corrected chi connectivity index (χ2v) is 5.07. The first kappa shape index (κ1) is 12.8. The first-order valence-corrected chi connectivity index (χ1v) is 6.59. The number of hydrogen-bond donors (Lipinski definition) is 2. The molecule has 1 heterocycles. The third-order valence-electron chi connectivity index (χ3n) is 3.61. The molecule has 2 aliphatic rings. The van der Waals surface area contributed by atoms with Crippen LogP contribution in [0.3, 0.4) is 0 Å². The van der Waals surface area contributed by atoms with Crippen molar-refractivity contribution in [2.75, 3.05) is 32.8 Å². The predicted octanol–water partition coefficient (Wildman–Crippen LogP) is -0.295. The lowest BCUT2D eigenvalue weighted by Crippen LogP contribution is -2.47. The molecule has 0 atom stereocenters. The molecule has 5 nitrogen and oxygen atoms in total. The van der Waals surface area contributed by atoms with E-state index in [0.717, 1.165) is 52.0 Å². The summed E-state index contributed by atoms with van der Waals surface area (Å²) in [4.78, 5) is 14.0. The predicted molar refractivity (Wildman–Crippen MR) is 65.6 cm³/mol. The van der Waals surface area contributed by atoms with Crippen molar-refractivity contribution in [1.82, 2.24) is 10.2 Å². The third kappa shape index (κ3) is 4.26. The molecule has 98 valence electrons. The Morgan fingerprint density at radius 1 is 1.24 bits per heavy atom. The van der Waals surface area contributed by atoms with Crippen LogP contribution < -0.4 is 11.1 Å². The summed E-state index contributed by atoms with van der Waals surface area (Å²) in [5.74, 6) is 0.146. The van der Waals surface area contributed by atoms with E-state index in [4.69, 9.17) is 10.5 Å². The van der Waals surface area contributed by atoms with Crippen molar-refractivity contribution in [2.45, 2.75) is 37.8 Å². The third-order valence-corrected chi connectivity index (χ3v) is 3.61. The van der Waals surface area contributed by atoms with Crippen LogP contribution in [0.25, 0.3) is 0 Å². The number of nitrogens with zero attached hydrogens (tertiary/aromatic N) is 1. The Bertz CT molecular complexity index is 246. The topological polar surface area (TPSA) is 67.6 Å². The maximum atomic E-state index is 11.8. The number of ether oxygens (including phenoxy) is 1. The number of nitrogens with one attached hydrogen (secondary N) is 1. The molecular weight excluding hydrogens is 218 g/mol. The summed E-state index contributed by atoms with van der Waals surface area (Å²) >= 11 is 0. The van der Waals surface area contributed by atoms with Crippen LogP contribution in [0, 0.1) is 0 Å². The van der Waals surface area contributed by atoms with Crippen LogP contribution in [0.2, 0.25) is 0 Å². The molecule has 1 amide bonds. The summed E-state index contributed by atoms with van der Waals surface area (Å²) in [6, 6.07) is 0.672. The lowest BCUT2D eigenvalue weighted by Gasteiger charge is -2.29. The van der Waals surface area contributed by atoms with E-state index in [-0.39, 0.29) is 5.91 Å². The van der Waals surface area contributed by atoms with Crippen molar-refractivity contribution in [3.05, 3.63) is 0 Å². The number of amides is 1. The van der Waals surface area contributed by atoms with E-state index in [2.05, 4.69) is 10.2 Å². The lowest BCUT2D eigenvalue weighted by atomic mass is 9.92. The Morgan fingerprint density at radius 3 is 2.53 bits per heavy atom. The molecule has 1 saturated carbocycles. The van der Waals surface area contributed by atoms with Gasteiger partial charge in [-0.25, -0.2) is 0 Å². The average Bonchev–Trinajstić information content (AvgIpc) is 2.33. The SMILES string of the molecule is N[C@H]1CC[C@H](NC(=O)CN2CCOCC2)CC1. The van der Waals surface area contributed by atoms with Crippen molar-refractivity contribution >= 4 is 5.91 Å². The zero-order valence-corrected chi connectivity index (χ0v) is 10.4. The zero-order chi connectivity index (χ0) is 12.1. The molecule has 0 radical (unpaired) electrons. The summed E-state index contributed by atoms with van der Waals surface area (Å²) in [7, 11) is 0. The zero-order valence-electron chi connectivity index (χ0n) is 10.4. The smallest absolute Gasteiger partial charge is 0.234 e. The van der Waals surface area contributed by atoms with Crippen LogP contribution >= 0.6 is 0 Å². The molecule has 0 aromatic heterocycles. The minimum absolute atomic E-state index is 0.146. The van der Waals surface area contributed by atoms with E-state index in [1.807, 2.05) is 0 Å². The van der Waals surface area contributed by atoms with Crippen LogP contribution in [0.1, 0.15) is 25.7 Å². The Hall–Kier alpha value is -0.650. The molecule has 0 aromatic carbocycles. The molecule has 17 heavy (non-hydrogen) atoms. The number of hydrogen-bond acceptors (Lipinski definition) is 4. The molecule has 1 aliphatic carbocycles. The van der Waals surface area contributed by atoms with Gasteiger partial charge in [0.05, 0.1) is 19.8 Å². The molecule has 0 unspecified atom stereocenters. The highest BCUT2D eigenvalue weighted by molar-refractivity contribution is 5.78. The highest BCUT2D eigenvalue weighted by atomic mass is 16.5. The highest BCUT2D eigenvalue weighted by Crippen LogP contribution is 2.16. The van der Waals surface area contributed by atoms with Crippen LogP contribution in [0.5, 0.6) is 0 Å². The Labute approximate surface area is 103 Å². The monoisotopic (exact) mass is 241 g/mol. The lowest BCUT2D eigenvalue weighted by molar-refractivity contribution is -0.124. The van der Waals surface area contributed by atoms with E-state index in [1.165, 1.54) is 0 Å². The molecule has 0 aromatic rings. The summed E-state index contributed by atoms with van der Waals surface area (Å²) in [6.45, 7) is 3.72. The van der Waals surface area contributed by atoms with Crippen molar-refractivity contribution in [2.24, 2.45) is 5.73 Å². The number of nitrogens with two attached hydrogens (primary N) is 1. The molecule has 2 fully saturated rings. The van der Waals surface area contributed by atoms with Gasteiger partial charge in [0.15, 0.2) is 0 Å². The average molecular weight is 241 g/mol. The van der Waals surface area contributed by atoms with Crippen molar-refractivity contribution < 1.29 is 9.53 Å². The second kappa shape index (κ2) is 6.33. The van der Waals surface area contributed by atoms with Crippen molar-refractivity contribution in [3.63, 3.8) is 0 Å². The summed E-state index contributed by atoms with van der Waals surface area (Å²) in [6.07, 6.45) is 4.11. The molecule has 1 aliphatic heterocycles. The van der Waals surface area contributed by atoms with Gasteiger partial charge in [-0.3, -0.25) is 9.69 Å². The van der Waals surface area contributed by atoms with Crippen molar-refractivity contribution in [1.29, 1.82) is 0 Å². The van der Waals surface area contributed by atoms with E-state index in [9.17, 15) is 4.79 Å². The first-order chi connectivity index (χ1) is 8.24. The molecular formula is C12H23N3O2. The summed E-state index contributed by atoms with van der Waals surface area (Å²) in [5.41, 5.74) is 5.84. The Kier molecular flexibility index (Phi) is 4.76. The van der Waals surface area contributed by atoms with Gasteiger partial charge in [-0.2, -0.15) is 0 Å². The van der Waals surface area contributed by atoms with Gasteiger partial charge in [-0.05, 0) is 25.7 Å². The summed E-state index contributed by atoms with van der Waals surface area (Å²) < 4.78 is 5.26. The molecule has 0 spiro atoms. The van der Waals surface area contributed by atoms with Gasteiger partial charge in [0.2, 0.25) is 5.91 Å². The molecule has 1 saturated heterocycles. The molecule has 0 bridgehead atoms. The molecule has 2 rings (SSSR count). The minimum atomic E-state index is 0.146. The standard InChI is InChI=1S/C12H23N3O2/c13-10-1-3-11(4-2-10)14-12(16)9-15-5-7-17-8-6-15/h10-11H,1-9,13H2,(H,14,16)/t10-,11-. The van der Waals surface area contributed by atoms with Crippen LogP contribution in [-0.4, -0.2) is 55.7 Å². The van der Waals surface area contributed by atoms with Crippen LogP contribution in [0.4, 0.5) is 0 Å². The van der Waals surface area contributed by atoms with Gasteiger partial charge in [0.1, 0.15) is 0 Å². The van der Waals surface area contributed by atoms with Gasteiger partial charge in [-0.1, -0.05) is 0 Å². The van der Waals surface area contributed by atoms with E-state index in [0.29, 0.717) is 18.6 Å². The molecule has 3 N–H and O–H groups in total. The van der Waals surface area contributed by atoms with Gasteiger partial charge < -0.3 is 15.8 Å². The normalized spacial score (nSPS) is 31.1. The van der Waals surface area contributed by atoms with Crippen LogP contribution in [-0.2, 0) is 9.53 Å². The Balaban J connectivity index is 1.66. The number of carbonyl (C=O) groups is 1. The Morgan fingerprint density at radius 2 is 1.88 bits per heavy atom. The first-order valence-electron chi connectivity index (χ1n) is 6.59. The highest BCUT2D eigenvalue weighted by Gasteiger charge is 2.21. The maximum Gasteiger partial charge on any atom is 0.234 e. The fourth-order valence-corrected chi connectivity index (χ4v) is 2.50. The largest absolute Gasteiger partial charge is 0.379 e. The second-order valence-electron chi connectivity index (χ2n) is 5.07. The van der Waals surface area contributed by atoms with Gasteiger partial charge in [0.25, 0.3) is 0 Å². The van der Waals surface area contributed by atoms with E-state index in [1.54, 1.807) is 0 Å². The molecule has 5 heteroatoms. The fourth-order valence-electron chi connectivity index (χ4n) is 2.50. The summed E-state index contributed by atoms with van der Waals surface area (Å²) in [5, 5.41) is 3.11. The maximum absolute atomic E-state index is 11.8. The quantitative estimate of drug-likeness (QED) is 0.712. The van der Waals surface area contributed by atoms with Crippen molar-refractivity contribution in [3.8, 4) is 0 Å². The fraction of sp³-hybridized carbons (Fsp3) is 0.917. The minimum Gasteiger partial charge on any atom is -0.379 e. The van der Waals surface area contributed by atoms with Gasteiger partial charge >= 0.3 is 0 Å².